The van der Waals surface area contributed by atoms with Gasteiger partial charge in [-0.1, -0.05) is 32.9 Å². The molecule has 0 aromatic heterocycles. The zero-order valence-corrected chi connectivity index (χ0v) is 9.28. The van der Waals surface area contributed by atoms with Crippen LogP contribution in [0, 0.1) is 11.5 Å². The lowest BCUT2D eigenvalue weighted by molar-refractivity contribution is 0.590. The first kappa shape index (κ1) is 11.3. The molecule has 0 spiro atoms. The molecular weight excluding hydrogens is 186 g/mol. The first-order chi connectivity index (χ1) is 7.04. The van der Waals surface area contributed by atoms with Crippen LogP contribution in [0.4, 0.5) is 5.69 Å². The Hall–Kier alpha value is -1.82. The lowest BCUT2D eigenvalue weighted by Crippen LogP contribution is -2.10. The summed E-state index contributed by atoms with van der Waals surface area (Å²) in [5.41, 5.74) is 2.27. The number of rotatable bonds is 2. The van der Waals surface area contributed by atoms with Crippen LogP contribution >= 0.6 is 0 Å². The highest BCUT2D eigenvalue weighted by Gasteiger charge is 2.12. The first-order valence-electron chi connectivity index (χ1n) is 4.82. The Labute approximate surface area is 90.5 Å². The van der Waals surface area contributed by atoms with Crippen LogP contribution in [0.25, 0.3) is 0 Å². The number of aliphatic imine (C=N–C) groups is 1. The maximum atomic E-state index is 8.24. The lowest BCUT2D eigenvalue weighted by Gasteiger charge is -2.18. The quantitative estimate of drug-likeness (QED) is 0.346. The molecule has 0 bridgehead atoms. The van der Waals surface area contributed by atoms with Gasteiger partial charge >= 0.3 is 0 Å². The van der Waals surface area contributed by atoms with Gasteiger partial charge in [0.25, 0.3) is 0 Å². The number of nitrogens with one attached hydrogen (secondary N) is 1. The molecule has 1 N–H and O–H groups in total. The maximum absolute atomic E-state index is 8.24. The molecule has 3 nitrogen and oxygen atoms in total. The van der Waals surface area contributed by atoms with Crippen molar-refractivity contribution in [3.05, 3.63) is 29.8 Å². The van der Waals surface area contributed by atoms with Gasteiger partial charge < -0.3 is 0 Å². The molecule has 1 aromatic rings. The first-order valence-corrected chi connectivity index (χ1v) is 4.82. The van der Waals surface area contributed by atoms with Gasteiger partial charge in [-0.15, -0.1) is 0 Å². The minimum Gasteiger partial charge on any atom is -0.283 e. The third kappa shape index (κ3) is 3.43. The van der Waals surface area contributed by atoms with E-state index in [1.54, 1.807) is 6.19 Å². The summed E-state index contributed by atoms with van der Waals surface area (Å²) in [5.74, 6) is 0. The van der Waals surface area contributed by atoms with Gasteiger partial charge in [0.05, 0.1) is 5.69 Å². The fraction of sp³-hybridized carbons (Fsp3) is 0.333. The highest BCUT2D eigenvalue weighted by atomic mass is 14.9. The van der Waals surface area contributed by atoms with E-state index in [1.165, 1.54) is 11.9 Å². The van der Waals surface area contributed by atoms with Crippen LogP contribution in [0.2, 0.25) is 0 Å². The molecule has 0 fully saturated rings. The van der Waals surface area contributed by atoms with E-state index in [0.29, 0.717) is 0 Å². The van der Waals surface area contributed by atoms with Gasteiger partial charge in [-0.2, -0.15) is 5.26 Å². The van der Waals surface area contributed by atoms with E-state index in [2.05, 4.69) is 43.2 Å². The van der Waals surface area contributed by atoms with Crippen molar-refractivity contribution in [2.75, 3.05) is 0 Å². The third-order valence-corrected chi connectivity index (χ3v) is 2.08. The molecule has 78 valence electrons. The van der Waals surface area contributed by atoms with Crippen LogP contribution in [-0.4, -0.2) is 6.34 Å². The lowest BCUT2D eigenvalue weighted by atomic mass is 9.87. The van der Waals surface area contributed by atoms with Gasteiger partial charge in [0, 0.05) is 0 Å². The SMILES string of the molecule is CC(C)(C)c1ccc(N=CNC#N)cc1. The molecule has 0 amide bonds. The van der Waals surface area contributed by atoms with E-state index in [0.717, 1.165) is 5.69 Å². The molecule has 0 saturated carbocycles. The molecule has 0 aliphatic heterocycles. The Morgan fingerprint density at radius 2 is 1.87 bits per heavy atom. The predicted molar refractivity (Wildman–Crippen MR) is 62.0 cm³/mol. The van der Waals surface area contributed by atoms with E-state index in [4.69, 9.17) is 5.26 Å². The largest absolute Gasteiger partial charge is 0.283 e. The standard InChI is InChI=1S/C12H15N3/c1-12(2,3)10-4-6-11(7-5-10)15-9-14-8-13/h4-7,9H,1-3H3,(H,14,15). The monoisotopic (exact) mass is 201 g/mol. The van der Waals surface area contributed by atoms with Crippen molar-refractivity contribution >= 4 is 12.0 Å². The van der Waals surface area contributed by atoms with Crippen molar-refractivity contribution in [1.82, 2.24) is 5.32 Å². The number of hydrogen-bond acceptors (Lipinski definition) is 2. The summed E-state index contributed by atoms with van der Waals surface area (Å²) >= 11 is 0. The summed E-state index contributed by atoms with van der Waals surface area (Å²) in [7, 11) is 0. The fourth-order valence-corrected chi connectivity index (χ4v) is 1.18. The minimum absolute atomic E-state index is 0.160. The molecule has 0 aliphatic rings. The van der Waals surface area contributed by atoms with Gasteiger partial charge in [0.15, 0.2) is 6.19 Å². The summed E-state index contributed by atoms with van der Waals surface area (Å²) in [6.45, 7) is 6.51. The summed E-state index contributed by atoms with van der Waals surface area (Å²) in [5, 5.41) is 10.6. The second kappa shape index (κ2) is 4.61. The van der Waals surface area contributed by atoms with Gasteiger partial charge in [0.2, 0.25) is 0 Å². The topological polar surface area (TPSA) is 48.2 Å². The van der Waals surface area contributed by atoms with Crippen molar-refractivity contribution in [2.24, 2.45) is 4.99 Å². The summed E-state index contributed by atoms with van der Waals surface area (Å²) < 4.78 is 0. The molecule has 1 aromatic carbocycles. The molecule has 0 heterocycles. The molecule has 0 radical (unpaired) electrons. The molecule has 0 atom stereocenters. The average Bonchev–Trinajstić information content (AvgIpc) is 2.18. The van der Waals surface area contributed by atoms with Crippen LogP contribution in [0.1, 0.15) is 26.3 Å². The van der Waals surface area contributed by atoms with Crippen LogP contribution in [0.5, 0.6) is 0 Å². The van der Waals surface area contributed by atoms with Gasteiger partial charge in [0.1, 0.15) is 6.34 Å². The third-order valence-electron chi connectivity index (χ3n) is 2.08. The molecule has 3 heteroatoms. The molecule has 0 saturated heterocycles. The van der Waals surface area contributed by atoms with E-state index in [1.807, 2.05) is 12.1 Å². The molecule has 1 rings (SSSR count). The minimum atomic E-state index is 0.160. The Morgan fingerprint density at radius 3 is 2.33 bits per heavy atom. The molecule has 0 unspecified atom stereocenters. The van der Waals surface area contributed by atoms with E-state index in [-0.39, 0.29) is 5.41 Å². The van der Waals surface area contributed by atoms with E-state index in [9.17, 15) is 0 Å². The van der Waals surface area contributed by atoms with Crippen LogP contribution in [0.15, 0.2) is 29.3 Å². The fourth-order valence-electron chi connectivity index (χ4n) is 1.18. The van der Waals surface area contributed by atoms with Crippen molar-refractivity contribution in [1.29, 1.82) is 5.26 Å². The molecule has 0 aliphatic carbocycles. The zero-order chi connectivity index (χ0) is 11.3. The second-order valence-electron chi connectivity index (χ2n) is 4.31. The summed E-state index contributed by atoms with van der Waals surface area (Å²) in [6, 6.07) is 7.99. The van der Waals surface area contributed by atoms with Crippen LogP contribution in [-0.2, 0) is 5.41 Å². The van der Waals surface area contributed by atoms with Crippen molar-refractivity contribution in [3.63, 3.8) is 0 Å². The predicted octanol–water partition coefficient (Wildman–Crippen LogP) is 2.71. The number of nitrogens with zero attached hydrogens (tertiary/aromatic N) is 2. The Morgan fingerprint density at radius 1 is 1.27 bits per heavy atom. The summed E-state index contributed by atoms with van der Waals surface area (Å²) in [4.78, 5) is 4.06. The van der Waals surface area contributed by atoms with Gasteiger partial charge in [-0.3, -0.25) is 5.32 Å². The highest BCUT2D eigenvalue weighted by Crippen LogP contribution is 2.24. The van der Waals surface area contributed by atoms with Crippen LogP contribution in [0.3, 0.4) is 0 Å². The number of hydrogen-bond donors (Lipinski definition) is 1. The summed E-state index contributed by atoms with van der Waals surface area (Å²) in [6.07, 6.45) is 3.16. The normalized spacial score (nSPS) is 11.3. The Balaban J connectivity index is 2.78. The molecule has 15 heavy (non-hydrogen) atoms. The van der Waals surface area contributed by atoms with Gasteiger partial charge in [-0.05, 0) is 23.1 Å². The van der Waals surface area contributed by atoms with Crippen molar-refractivity contribution < 1.29 is 0 Å². The Kier molecular flexibility index (Phi) is 3.46. The van der Waals surface area contributed by atoms with Crippen LogP contribution < -0.4 is 5.32 Å². The molecular formula is C12H15N3. The highest BCUT2D eigenvalue weighted by molar-refractivity contribution is 5.62. The van der Waals surface area contributed by atoms with Crippen molar-refractivity contribution in [3.8, 4) is 6.19 Å². The van der Waals surface area contributed by atoms with Crippen molar-refractivity contribution in [2.45, 2.75) is 26.2 Å². The van der Waals surface area contributed by atoms with E-state index < -0.39 is 0 Å². The number of nitriles is 1. The van der Waals surface area contributed by atoms with Gasteiger partial charge in [-0.25, -0.2) is 4.99 Å². The zero-order valence-electron chi connectivity index (χ0n) is 9.28. The Bertz CT molecular complexity index is 377. The second-order valence-corrected chi connectivity index (χ2v) is 4.31. The average molecular weight is 201 g/mol. The van der Waals surface area contributed by atoms with E-state index >= 15 is 0 Å². The number of benzene rings is 1. The smallest absolute Gasteiger partial charge is 0.182 e. The maximum Gasteiger partial charge on any atom is 0.182 e.